The number of hydrazone groups is 1. The Morgan fingerprint density at radius 1 is 1.18 bits per heavy atom. The normalized spacial score (nSPS) is 22.0. The summed E-state index contributed by atoms with van der Waals surface area (Å²) >= 11 is 0. The quantitative estimate of drug-likeness (QED) is 0.599. The minimum absolute atomic E-state index is 0.114. The summed E-state index contributed by atoms with van der Waals surface area (Å²) in [6.45, 7) is 3.93. The Hall–Kier alpha value is -2.24. The first-order valence-electron chi connectivity index (χ1n) is 7.48. The molecule has 0 aliphatic carbocycles. The smallest absolute Gasteiger partial charge is 0.258 e. The van der Waals surface area contributed by atoms with E-state index in [-0.39, 0.29) is 11.9 Å². The lowest BCUT2D eigenvalue weighted by Crippen LogP contribution is -2.41. The van der Waals surface area contributed by atoms with Gasteiger partial charge in [-0.3, -0.25) is 10.2 Å². The number of nitrogens with one attached hydrogen (secondary N) is 3. The van der Waals surface area contributed by atoms with E-state index in [2.05, 4.69) is 45.6 Å². The Morgan fingerprint density at radius 2 is 1.95 bits per heavy atom. The van der Waals surface area contributed by atoms with Crippen molar-refractivity contribution < 1.29 is 4.79 Å². The van der Waals surface area contributed by atoms with Crippen LogP contribution in [-0.2, 0) is 4.79 Å². The summed E-state index contributed by atoms with van der Waals surface area (Å²) in [4.78, 5) is 12.0. The molecule has 2 aromatic carbocycles. The number of carbonyl (C=O) groups is 1. The number of nitrogens with zero attached hydrogens (tertiary/aromatic N) is 1. The van der Waals surface area contributed by atoms with Gasteiger partial charge in [0.05, 0.1) is 5.71 Å². The molecule has 0 aromatic heterocycles. The first-order valence-corrected chi connectivity index (χ1v) is 7.48. The highest BCUT2D eigenvalue weighted by molar-refractivity contribution is 6.02. The van der Waals surface area contributed by atoms with Crippen LogP contribution in [0, 0.1) is 0 Å². The van der Waals surface area contributed by atoms with E-state index in [4.69, 9.17) is 0 Å². The molecule has 2 atom stereocenters. The van der Waals surface area contributed by atoms with Gasteiger partial charge in [0.1, 0.15) is 6.04 Å². The molecular formula is C17H20N4O. The third kappa shape index (κ3) is 3.16. The van der Waals surface area contributed by atoms with Crippen molar-refractivity contribution >= 4 is 22.4 Å². The van der Waals surface area contributed by atoms with E-state index in [1.807, 2.05) is 32.0 Å². The van der Waals surface area contributed by atoms with Gasteiger partial charge in [-0.15, -0.1) is 0 Å². The lowest BCUT2D eigenvalue weighted by Gasteiger charge is -2.08. The summed E-state index contributed by atoms with van der Waals surface area (Å²) < 4.78 is 0. The second kappa shape index (κ2) is 6.25. The summed E-state index contributed by atoms with van der Waals surface area (Å²) in [6.07, 6.45) is 0.760. The standard InChI is InChI=1S/C17H20N4O/c1-11-9-16(20-18-11)17(22)21-19-12(2)14-8-7-13-5-3-4-6-15(13)10-14/h3-8,10-11,16,18,20H,9H2,1-2H3,(H,21,22)/b19-12+. The van der Waals surface area contributed by atoms with E-state index < -0.39 is 0 Å². The Labute approximate surface area is 129 Å². The lowest BCUT2D eigenvalue weighted by atomic mass is 10.0. The molecule has 1 heterocycles. The third-order valence-corrected chi connectivity index (χ3v) is 3.91. The molecule has 0 bridgehead atoms. The molecule has 3 rings (SSSR count). The number of rotatable bonds is 3. The van der Waals surface area contributed by atoms with Crippen LogP contribution in [0.5, 0.6) is 0 Å². The van der Waals surface area contributed by atoms with Gasteiger partial charge in [0.15, 0.2) is 0 Å². The van der Waals surface area contributed by atoms with Crippen LogP contribution in [0.1, 0.15) is 25.8 Å². The van der Waals surface area contributed by atoms with Crippen molar-refractivity contribution in [3.05, 3.63) is 48.0 Å². The van der Waals surface area contributed by atoms with Crippen LogP contribution in [0.3, 0.4) is 0 Å². The van der Waals surface area contributed by atoms with E-state index in [0.29, 0.717) is 6.04 Å². The molecule has 114 valence electrons. The average molecular weight is 296 g/mol. The lowest BCUT2D eigenvalue weighted by molar-refractivity contribution is -0.122. The number of fused-ring (bicyclic) bond motifs is 1. The van der Waals surface area contributed by atoms with Crippen molar-refractivity contribution in [2.45, 2.75) is 32.4 Å². The fourth-order valence-corrected chi connectivity index (χ4v) is 2.58. The van der Waals surface area contributed by atoms with Crippen molar-refractivity contribution in [3.63, 3.8) is 0 Å². The van der Waals surface area contributed by atoms with Crippen molar-refractivity contribution in [2.24, 2.45) is 5.10 Å². The largest absolute Gasteiger partial charge is 0.271 e. The maximum absolute atomic E-state index is 12.0. The Bertz CT molecular complexity index is 725. The molecule has 1 amide bonds. The second-order valence-corrected chi connectivity index (χ2v) is 5.71. The molecule has 3 N–H and O–H groups in total. The third-order valence-electron chi connectivity index (χ3n) is 3.91. The van der Waals surface area contributed by atoms with Gasteiger partial charge in [-0.25, -0.2) is 10.9 Å². The van der Waals surface area contributed by atoms with Gasteiger partial charge in [-0.05, 0) is 42.7 Å². The molecule has 0 spiro atoms. The maximum Gasteiger partial charge on any atom is 0.258 e. The van der Waals surface area contributed by atoms with Gasteiger partial charge >= 0.3 is 0 Å². The Balaban J connectivity index is 1.71. The summed E-state index contributed by atoms with van der Waals surface area (Å²) in [7, 11) is 0. The summed E-state index contributed by atoms with van der Waals surface area (Å²) in [5.74, 6) is -0.114. The molecule has 5 heteroatoms. The average Bonchev–Trinajstić information content (AvgIpc) is 2.98. The van der Waals surface area contributed by atoms with Crippen LogP contribution in [0.15, 0.2) is 47.6 Å². The molecule has 2 unspecified atom stereocenters. The minimum atomic E-state index is -0.233. The van der Waals surface area contributed by atoms with Crippen LogP contribution in [0.2, 0.25) is 0 Å². The monoisotopic (exact) mass is 296 g/mol. The first-order chi connectivity index (χ1) is 10.6. The van der Waals surface area contributed by atoms with Crippen molar-refractivity contribution in [1.82, 2.24) is 16.3 Å². The number of amides is 1. The van der Waals surface area contributed by atoms with E-state index in [1.165, 1.54) is 5.39 Å². The molecule has 1 fully saturated rings. The zero-order chi connectivity index (χ0) is 15.5. The SMILES string of the molecule is C/C(=N\NC(=O)C1CC(C)NN1)c1ccc2ccccc2c1. The molecule has 1 saturated heterocycles. The maximum atomic E-state index is 12.0. The number of hydrogen-bond donors (Lipinski definition) is 3. The van der Waals surface area contributed by atoms with Gasteiger partial charge < -0.3 is 0 Å². The Kier molecular flexibility index (Phi) is 4.18. The van der Waals surface area contributed by atoms with Gasteiger partial charge in [-0.2, -0.15) is 5.10 Å². The summed E-state index contributed by atoms with van der Waals surface area (Å²) in [5.41, 5.74) is 10.4. The fourth-order valence-electron chi connectivity index (χ4n) is 2.58. The minimum Gasteiger partial charge on any atom is -0.271 e. The van der Waals surface area contributed by atoms with Gasteiger partial charge in [0.2, 0.25) is 0 Å². The Morgan fingerprint density at radius 3 is 2.68 bits per heavy atom. The highest BCUT2D eigenvalue weighted by Crippen LogP contribution is 2.16. The highest BCUT2D eigenvalue weighted by atomic mass is 16.2. The van der Waals surface area contributed by atoms with Crippen LogP contribution in [-0.4, -0.2) is 23.7 Å². The van der Waals surface area contributed by atoms with Crippen LogP contribution < -0.4 is 16.3 Å². The molecule has 5 nitrogen and oxygen atoms in total. The van der Waals surface area contributed by atoms with Crippen LogP contribution in [0.25, 0.3) is 10.8 Å². The van der Waals surface area contributed by atoms with Gasteiger partial charge in [0.25, 0.3) is 5.91 Å². The molecule has 2 aromatic rings. The zero-order valence-corrected chi connectivity index (χ0v) is 12.8. The zero-order valence-electron chi connectivity index (χ0n) is 12.8. The van der Waals surface area contributed by atoms with Crippen molar-refractivity contribution in [1.29, 1.82) is 0 Å². The number of hydrogen-bond acceptors (Lipinski definition) is 4. The molecule has 22 heavy (non-hydrogen) atoms. The molecule has 0 saturated carbocycles. The molecule has 1 aliphatic heterocycles. The van der Waals surface area contributed by atoms with Crippen LogP contribution in [0.4, 0.5) is 0 Å². The van der Waals surface area contributed by atoms with Gasteiger partial charge in [0, 0.05) is 6.04 Å². The topological polar surface area (TPSA) is 65.5 Å². The molecule has 0 radical (unpaired) electrons. The summed E-state index contributed by atoms with van der Waals surface area (Å²) in [6, 6.07) is 14.4. The molecule has 1 aliphatic rings. The van der Waals surface area contributed by atoms with E-state index in [9.17, 15) is 4.79 Å². The van der Waals surface area contributed by atoms with Gasteiger partial charge in [-0.1, -0.05) is 36.4 Å². The van der Waals surface area contributed by atoms with Crippen LogP contribution >= 0.6 is 0 Å². The molecular weight excluding hydrogens is 276 g/mol. The van der Waals surface area contributed by atoms with Crippen molar-refractivity contribution in [3.8, 4) is 0 Å². The highest BCUT2D eigenvalue weighted by Gasteiger charge is 2.26. The van der Waals surface area contributed by atoms with E-state index in [0.717, 1.165) is 23.1 Å². The predicted molar refractivity (Wildman–Crippen MR) is 88.4 cm³/mol. The van der Waals surface area contributed by atoms with E-state index in [1.54, 1.807) is 0 Å². The predicted octanol–water partition coefficient (Wildman–Crippen LogP) is 1.94. The second-order valence-electron chi connectivity index (χ2n) is 5.71. The summed E-state index contributed by atoms with van der Waals surface area (Å²) in [5, 5.41) is 6.58. The van der Waals surface area contributed by atoms with E-state index >= 15 is 0 Å². The fraction of sp³-hybridized carbons (Fsp3) is 0.294. The number of hydrazine groups is 1. The van der Waals surface area contributed by atoms with Crippen molar-refractivity contribution in [2.75, 3.05) is 0 Å². The number of benzene rings is 2. The number of carbonyl (C=O) groups excluding carboxylic acids is 1. The first kappa shape index (κ1) is 14.7.